The Morgan fingerprint density at radius 1 is 1.21 bits per heavy atom. The number of anilines is 2. The molecule has 180 valence electrons. The van der Waals surface area contributed by atoms with Gasteiger partial charge in [0.1, 0.15) is 5.02 Å². The lowest BCUT2D eigenvalue weighted by Crippen LogP contribution is -2.27. The number of rotatable bonds is 6. The van der Waals surface area contributed by atoms with Crippen LogP contribution in [0.5, 0.6) is 0 Å². The fourth-order valence-electron chi connectivity index (χ4n) is 3.37. The molecule has 0 aliphatic heterocycles. The number of fused-ring (bicyclic) bond motifs is 1. The summed E-state index contributed by atoms with van der Waals surface area (Å²) < 4.78 is 5.09. The Kier molecular flexibility index (Phi) is 7.38. The largest absolute Gasteiger partial charge is 0.483 e. The van der Waals surface area contributed by atoms with E-state index in [2.05, 4.69) is 20.3 Å². The van der Waals surface area contributed by atoms with E-state index in [1.807, 2.05) is 36.0 Å². The molecule has 3 heterocycles. The summed E-state index contributed by atoms with van der Waals surface area (Å²) >= 11 is 6.32. The Labute approximate surface area is 200 Å². The van der Waals surface area contributed by atoms with Gasteiger partial charge >= 0.3 is 5.69 Å². The van der Waals surface area contributed by atoms with Crippen LogP contribution in [0.15, 0.2) is 41.6 Å². The predicted molar refractivity (Wildman–Crippen MR) is 129 cm³/mol. The lowest BCUT2D eigenvalue weighted by Gasteiger charge is -2.17. The second-order valence-corrected chi connectivity index (χ2v) is 8.65. The van der Waals surface area contributed by atoms with E-state index in [0.29, 0.717) is 35.5 Å². The summed E-state index contributed by atoms with van der Waals surface area (Å²) in [6, 6.07) is 5.61. The molecule has 0 aliphatic carbocycles. The minimum atomic E-state index is -0.868. The molecule has 0 radical (unpaired) electrons. The number of carboxylic acid groups (broad SMARTS) is 1. The van der Waals surface area contributed by atoms with Crippen molar-refractivity contribution in [2.75, 3.05) is 5.32 Å². The van der Waals surface area contributed by atoms with Crippen LogP contribution in [0.4, 0.5) is 11.5 Å². The summed E-state index contributed by atoms with van der Waals surface area (Å²) in [4.78, 5) is 34.1. The van der Waals surface area contributed by atoms with Gasteiger partial charge in [-0.1, -0.05) is 11.6 Å². The van der Waals surface area contributed by atoms with Crippen LogP contribution in [0.1, 0.15) is 20.3 Å². The molecule has 11 nitrogen and oxygen atoms in total. The van der Waals surface area contributed by atoms with Crippen LogP contribution in [0, 0.1) is 0 Å². The first-order chi connectivity index (χ1) is 16.1. The number of hydrogen-bond donors (Lipinski definition) is 3. The highest BCUT2D eigenvalue weighted by atomic mass is 35.5. The molecule has 4 aromatic rings. The standard InChI is InChI=1S/C21H24ClN7O2.CH2O2/c1-21(2,31)7-9-29-16-11-13(5-6-15(16)28(4)20(29)30)25-17-14(22)12-24-18(26-17)19-23-8-10-27(19)3;2-1-3/h5-6,8,10-12,31H,7,9H2,1-4H3,(H,24,25,26);1H,(H,2,3). The van der Waals surface area contributed by atoms with Gasteiger partial charge in [0.2, 0.25) is 0 Å². The number of benzene rings is 1. The summed E-state index contributed by atoms with van der Waals surface area (Å²) in [5, 5.41) is 20.6. The van der Waals surface area contributed by atoms with Crippen molar-refractivity contribution in [1.82, 2.24) is 28.7 Å². The van der Waals surface area contributed by atoms with Crippen molar-refractivity contribution in [3.8, 4) is 11.6 Å². The molecular weight excluding hydrogens is 462 g/mol. The molecule has 1 aromatic carbocycles. The van der Waals surface area contributed by atoms with Gasteiger partial charge in [-0.15, -0.1) is 0 Å². The first-order valence-electron chi connectivity index (χ1n) is 10.3. The van der Waals surface area contributed by atoms with Crippen molar-refractivity contribution in [2.45, 2.75) is 32.4 Å². The number of aryl methyl sites for hydroxylation is 3. The van der Waals surface area contributed by atoms with Crippen LogP contribution in [0.25, 0.3) is 22.7 Å². The Morgan fingerprint density at radius 2 is 1.91 bits per heavy atom. The Hall–Kier alpha value is -3.70. The minimum Gasteiger partial charge on any atom is -0.483 e. The highest BCUT2D eigenvalue weighted by molar-refractivity contribution is 6.32. The third kappa shape index (κ3) is 5.43. The number of nitrogens with one attached hydrogen (secondary N) is 1. The van der Waals surface area contributed by atoms with E-state index >= 15 is 0 Å². The van der Waals surface area contributed by atoms with Crippen LogP contribution < -0.4 is 11.0 Å². The molecule has 0 aliphatic rings. The van der Waals surface area contributed by atoms with E-state index in [4.69, 9.17) is 21.5 Å². The maximum Gasteiger partial charge on any atom is 0.328 e. The van der Waals surface area contributed by atoms with E-state index in [9.17, 15) is 9.90 Å². The van der Waals surface area contributed by atoms with Crippen LogP contribution in [-0.4, -0.2) is 50.9 Å². The number of halogens is 1. The molecule has 3 N–H and O–H groups in total. The average molecular weight is 488 g/mol. The molecule has 0 bridgehead atoms. The molecular formula is C22H26ClN7O4. The van der Waals surface area contributed by atoms with E-state index < -0.39 is 5.60 Å². The topological polar surface area (TPSA) is 140 Å². The van der Waals surface area contributed by atoms with E-state index in [1.165, 1.54) is 6.20 Å². The summed E-state index contributed by atoms with van der Waals surface area (Å²) in [5.41, 5.74) is 1.29. The zero-order chi connectivity index (χ0) is 25.0. The van der Waals surface area contributed by atoms with Crippen molar-refractivity contribution in [3.05, 3.63) is 52.3 Å². The first kappa shape index (κ1) is 24.9. The molecule has 0 saturated heterocycles. The van der Waals surface area contributed by atoms with Gasteiger partial charge in [0.05, 0.1) is 22.8 Å². The molecule has 4 rings (SSSR count). The Bertz CT molecular complexity index is 1370. The van der Waals surface area contributed by atoms with Crippen LogP contribution in [0.2, 0.25) is 5.02 Å². The number of carbonyl (C=O) groups is 1. The molecule has 3 aromatic heterocycles. The lowest BCUT2D eigenvalue weighted by atomic mass is 10.1. The van der Waals surface area contributed by atoms with Gasteiger partial charge < -0.3 is 20.1 Å². The number of nitrogens with zero attached hydrogens (tertiary/aromatic N) is 6. The zero-order valence-corrected chi connectivity index (χ0v) is 20.0. The fraction of sp³-hybridized carbons (Fsp3) is 0.318. The van der Waals surface area contributed by atoms with Crippen LogP contribution in [0.3, 0.4) is 0 Å². The zero-order valence-electron chi connectivity index (χ0n) is 19.2. The van der Waals surface area contributed by atoms with E-state index in [0.717, 1.165) is 16.7 Å². The second kappa shape index (κ2) is 10.1. The van der Waals surface area contributed by atoms with Gasteiger partial charge in [-0.2, -0.15) is 0 Å². The van der Waals surface area contributed by atoms with Crippen molar-refractivity contribution in [1.29, 1.82) is 0 Å². The Morgan fingerprint density at radius 3 is 2.53 bits per heavy atom. The minimum absolute atomic E-state index is 0.131. The fourth-order valence-corrected chi connectivity index (χ4v) is 3.51. The number of aromatic nitrogens is 6. The molecule has 0 saturated carbocycles. The van der Waals surface area contributed by atoms with Crippen LogP contribution >= 0.6 is 11.6 Å². The predicted octanol–water partition coefficient (Wildman–Crippen LogP) is 2.79. The molecule has 0 unspecified atom stereocenters. The van der Waals surface area contributed by atoms with E-state index in [1.54, 1.807) is 36.2 Å². The summed E-state index contributed by atoms with van der Waals surface area (Å²) in [6.45, 7) is 3.61. The quantitative estimate of drug-likeness (QED) is 0.353. The third-order valence-corrected chi connectivity index (χ3v) is 5.40. The van der Waals surface area contributed by atoms with Crippen LogP contribution in [-0.2, 0) is 25.4 Å². The third-order valence-electron chi connectivity index (χ3n) is 5.12. The van der Waals surface area contributed by atoms with Gasteiger partial charge in [-0.25, -0.2) is 19.7 Å². The maximum absolute atomic E-state index is 12.7. The molecule has 34 heavy (non-hydrogen) atoms. The summed E-state index contributed by atoms with van der Waals surface area (Å²) in [6.07, 6.45) is 5.48. The van der Waals surface area contributed by atoms with Crippen molar-refractivity contribution in [3.63, 3.8) is 0 Å². The summed E-state index contributed by atoms with van der Waals surface area (Å²) in [7, 11) is 3.60. The average Bonchev–Trinajstić information content (AvgIpc) is 3.29. The normalized spacial score (nSPS) is 11.2. The molecule has 0 amide bonds. The number of aliphatic hydroxyl groups is 1. The molecule has 0 fully saturated rings. The Balaban J connectivity index is 0.00000103. The first-order valence-corrected chi connectivity index (χ1v) is 10.7. The number of imidazole rings is 2. The second-order valence-electron chi connectivity index (χ2n) is 8.24. The molecule has 0 atom stereocenters. The van der Waals surface area contributed by atoms with Crippen molar-refractivity contribution >= 4 is 40.6 Å². The molecule has 0 spiro atoms. The highest BCUT2D eigenvalue weighted by Gasteiger charge is 2.17. The van der Waals surface area contributed by atoms with Gasteiger partial charge in [0, 0.05) is 38.7 Å². The van der Waals surface area contributed by atoms with Gasteiger partial charge in [-0.3, -0.25) is 13.9 Å². The maximum atomic E-state index is 12.7. The smallest absolute Gasteiger partial charge is 0.328 e. The van der Waals surface area contributed by atoms with Gasteiger partial charge in [0.15, 0.2) is 17.5 Å². The molecule has 12 heteroatoms. The SMILES string of the molecule is Cn1ccnc1-c1ncc(Cl)c(Nc2ccc3c(c2)n(CCC(C)(C)O)c(=O)n3C)n1.O=CO. The van der Waals surface area contributed by atoms with Crippen molar-refractivity contribution in [2.24, 2.45) is 14.1 Å². The number of hydrogen-bond acceptors (Lipinski definition) is 7. The van der Waals surface area contributed by atoms with Crippen molar-refractivity contribution < 1.29 is 15.0 Å². The highest BCUT2D eigenvalue weighted by Crippen LogP contribution is 2.27. The van der Waals surface area contributed by atoms with E-state index in [-0.39, 0.29) is 12.2 Å². The lowest BCUT2D eigenvalue weighted by molar-refractivity contribution is -0.122. The van der Waals surface area contributed by atoms with Gasteiger partial charge in [-0.05, 0) is 38.5 Å². The monoisotopic (exact) mass is 487 g/mol. The summed E-state index contributed by atoms with van der Waals surface area (Å²) in [5.74, 6) is 1.51. The van der Waals surface area contributed by atoms with Gasteiger partial charge in [0.25, 0.3) is 6.47 Å².